The predicted octanol–water partition coefficient (Wildman–Crippen LogP) is 2.21. The van der Waals surface area contributed by atoms with E-state index in [0.717, 1.165) is 5.39 Å². The highest BCUT2D eigenvalue weighted by molar-refractivity contribution is 5.96. The maximum Gasteiger partial charge on any atom is 0.375 e. The number of ether oxygens (including phenoxy) is 2. The minimum atomic E-state index is -0.819. The lowest BCUT2D eigenvalue weighted by molar-refractivity contribution is -0.145. The van der Waals surface area contributed by atoms with Crippen LogP contribution in [0.25, 0.3) is 11.0 Å². The van der Waals surface area contributed by atoms with E-state index in [-0.39, 0.29) is 12.4 Å². The van der Waals surface area contributed by atoms with Crippen LogP contribution in [0.4, 0.5) is 0 Å². The molecule has 0 amide bonds. The monoisotopic (exact) mass is 260 g/mol. The van der Waals surface area contributed by atoms with Gasteiger partial charge in [0.2, 0.25) is 11.9 Å². The van der Waals surface area contributed by atoms with Gasteiger partial charge in [-0.05, 0) is 13.0 Å². The minimum absolute atomic E-state index is 0.140. The molecule has 1 aromatic heterocycles. The van der Waals surface area contributed by atoms with E-state index in [4.69, 9.17) is 13.9 Å². The Hall–Kier alpha value is -2.30. The second kappa shape index (κ2) is 4.42. The maximum atomic E-state index is 12.0. The zero-order valence-electron chi connectivity index (χ0n) is 10.3. The smallest absolute Gasteiger partial charge is 0.375 e. The Bertz CT molecular complexity index is 655. The molecule has 2 aromatic rings. The fourth-order valence-corrected chi connectivity index (χ4v) is 2.14. The Balaban J connectivity index is 1.89. The molecule has 0 radical (unpaired) electrons. The van der Waals surface area contributed by atoms with Crippen LogP contribution in [-0.2, 0) is 14.3 Å². The summed E-state index contributed by atoms with van der Waals surface area (Å²) >= 11 is 0. The summed E-state index contributed by atoms with van der Waals surface area (Å²) in [5, 5.41) is 0.864. The van der Waals surface area contributed by atoms with E-state index in [1.807, 2.05) is 18.2 Å². The van der Waals surface area contributed by atoms with Crippen LogP contribution in [0.2, 0.25) is 0 Å². The first kappa shape index (κ1) is 11.8. The van der Waals surface area contributed by atoms with Gasteiger partial charge >= 0.3 is 11.9 Å². The molecule has 1 aliphatic heterocycles. The predicted molar refractivity (Wildman–Crippen MR) is 65.7 cm³/mol. The highest BCUT2D eigenvalue weighted by Gasteiger charge is 2.32. The molecule has 0 saturated carbocycles. The van der Waals surface area contributed by atoms with Gasteiger partial charge in [0, 0.05) is 17.4 Å². The molecule has 0 bridgehead atoms. The molecule has 1 saturated heterocycles. The third-order valence-electron chi connectivity index (χ3n) is 3.17. The van der Waals surface area contributed by atoms with Crippen molar-refractivity contribution in [1.29, 1.82) is 0 Å². The molecule has 19 heavy (non-hydrogen) atoms. The topological polar surface area (TPSA) is 65.7 Å². The van der Waals surface area contributed by atoms with Crippen molar-refractivity contribution < 1.29 is 23.5 Å². The molecule has 1 aromatic carbocycles. The van der Waals surface area contributed by atoms with Crippen LogP contribution >= 0.6 is 0 Å². The van der Waals surface area contributed by atoms with Gasteiger partial charge in [0.15, 0.2) is 0 Å². The average molecular weight is 260 g/mol. The van der Waals surface area contributed by atoms with Gasteiger partial charge in [-0.3, -0.25) is 0 Å². The lowest BCUT2D eigenvalue weighted by Gasteiger charge is -2.06. The summed E-state index contributed by atoms with van der Waals surface area (Å²) in [5.74, 6) is -0.986. The number of fused-ring (bicyclic) bond motifs is 1. The van der Waals surface area contributed by atoms with Gasteiger partial charge in [0.25, 0.3) is 0 Å². The third kappa shape index (κ3) is 1.97. The molecule has 3 rings (SSSR count). The number of hydrogen-bond acceptors (Lipinski definition) is 5. The van der Waals surface area contributed by atoms with Crippen molar-refractivity contribution >= 4 is 22.9 Å². The largest absolute Gasteiger partial charge is 0.463 e. The fraction of sp³-hybridized carbons (Fsp3) is 0.286. The summed E-state index contributed by atoms with van der Waals surface area (Å²) in [6.45, 7) is 2.07. The van der Waals surface area contributed by atoms with Crippen molar-refractivity contribution in [3.05, 3.63) is 35.6 Å². The number of hydrogen-bond donors (Lipinski definition) is 0. The zero-order valence-corrected chi connectivity index (χ0v) is 10.3. The molecule has 5 nitrogen and oxygen atoms in total. The number of carbonyl (C=O) groups excluding carboxylic acids is 2. The first-order chi connectivity index (χ1) is 9.16. The number of benzene rings is 1. The second-order valence-corrected chi connectivity index (χ2v) is 4.40. The summed E-state index contributed by atoms with van der Waals surface area (Å²) in [6.07, 6.45) is -0.427. The molecule has 5 heteroatoms. The van der Waals surface area contributed by atoms with Gasteiger partial charge in [-0.1, -0.05) is 18.2 Å². The van der Waals surface area contributed by atoms with E-state index in [0.29, 0.717) is 17.6 Å². The highest BCUT2D eigenvalue weighted by Crippen LogP contribution is 2.26. The number of rotatable bonds is 2. The standard InChI is InChI=1S/C14H12O5/c1-8-9-4-2-3-5-10(9)18-12(8)14(16)19-11-6-7-17-13(11)15/h2-5,11H,6-7H2,1H3/t11-/m0/s1. The number of carbonyl (C=O) groups is 2. The highest BCUT2D eigenvalue weighted by atomic mass is 16.6. The molecule has 0 spiro atoms. The molecular weight excluding hydrogens is 248 g/mol. The quantitative estimate of drug-likeness (QED) is 0.774. The van der Waals surface area contributed by atoms with Crippen LogP contribution in [0.1, 0.15) is 22.5 Å². The maximum absolute atomic E-state index is 12.0. The number of furan rings is 1. The summed E-state index contributed by atoms with van der Waals surface area (Å²) in [6, 6.07) is 7.35. The second-order valence-electron chi connectivity index (χ2n) is 4.40. The third-order valence-corrected chi connectivity index (χ3v) is 3.17. The van der Waals surface area contributed by atoms with Crippen LogP contribution in [-0.4, -0.2) is 24.6 Å². The van der Waals surface area contributed by atoms with Gasteiger partial charge in [0.1, 0.15) is 5.58 Å². The van der Waals surface area contributed by atoms with E-state index in [9.17, 15) is 9.59 Å². The summed E-state index contributed by atoms with van der Waals surface area (Å²) in [5.41, 5.74) is 1.34. The first-order valence-corrected chi connectivity index (χ1v) is 6.02. The molecule has 2 heterocycles. The number of para-hydroxylation sites is 1. The van der Waals surface area contributed by atoms with Crippen molar-refractivity contribution in [3.8, 4) is 0 Å². The molecule has 1 fully saturated rings. The Morgan fingerprint density at radius 3 is 2.84 bits per heavy atom. The lowest BCUT2D eigenvalue weighted by Crippen LogP contribution is -2.22. The van der Waals surface area contributed by atoms with Gasteiger partial charge in [-0.15, -0.1) is 0 Å². The molecule has 1 atom stereocenters. The van der Waals surface area contributed by atoms with Gasteiger partial charge in [-0.2, -0.15) is 0 Å². The first-order valence-electron chi connectivity index (χ1n) is 6.02. The van der Waals surface area contributed by atoms with Crippen LogP contribution in [0.5, 0.6) is 0 Å². The van der Waals surface area contributed by atoms with E-state index in [1.165, 1.54) is 0 Å². The Labute approximate surface area is 109 Å². The zero-order chi connectivity index (χ0) is 13.4. The lowest BCUT2D eigenvalue weighted by atomic mass is 10.1. The van der Waals surface area contributed by atoms with Crippen molar-refractivity contribution in [1.82, 2.24) is 0 Å². The van der Waals surface area contributed by atoms with Crippen molar-refractivity contribution in [2.45, 2.75) is 19.4 Å². The molecular formula is C14H12O5. The van der Waals surface area contributed by atoms with Gasteiger partial charge in [0.05, 0.1) is 6.61 Å². The number of aryl methyl sites for hydroxylation is 1. The van der Waals surface area contributed by atoms with Crippen molar-refractivity contribution in [2.24, 2.45) is 0 Å². The van der Waals surface area contributed by atoms with Crippen LogP contribution < -0.4 is 0 Å². The number of esters is 2. The average Bonchev–Trinajstić information content (AvgIpc) is 2.95. The minimum Gasteiger partial charge on any atom is -0.463 e. The Kier molecular flexibility index (Phi) is 2.74. The Morgan fingerprint density at radius 1 is 1.37 bits per heavy atom. The summed E-state index contributed by atoms with van der Waals surface area (Å²) < 4.78 is 15.3. The Morgan fingerprint density at radius 2 is 2.16 bits per heavy atom. The summed E-state index contributed by atoms with van der Waals surface area (Å²) in [7, 11) is 0. The van der Waals surface area contributed by atoms with Crippen LogP contribution in [0, 0.1) is 6.92 Å². The molecule has 0 aliphatic carbocycles. The van der Waals surface area contributed by atoms with Crippen LogP contribution in [0.15, 0.2) is 28.7 Å². The number of cyclic esters (lactones) is 1. The normalized spacial score (nSPS) is 18.6. The molecule has 0 N–H and O–H groups in total. The SMILES string of the molecule is Cc1c(C(=O)O[C@H]2CCOC2=O)oc2ccccc12. The molecule has 0 unspecified atom stereocenters. The van der Waals surface area contributed by atoms with E-state index in [1.54, 1.807) is 13.0 Å². The molecule has 1 aliphatic rings. The van der Waals surface area contributed by atoms with E-state index >= 15 is 0 Å². The van der Waals surface area contributed by atoms with E-state index < -0.39 is 18.0 Å². The fourth-order valence-electron chi connectivity index (χ4n) is 2.14. The van der Waals surface area contributed by atoms with Crippen LogP contribution in [0.3, 0.4) is 0 Å². The van der Waals surface area contributed by atoms with Crippen molar-refractivity contribution in [2.75, 3.05) is 6.61 Å². The summed E-state index contributed by atoms with van der Waals surface area (Å²) in [4.78, 5) is 23.3. The van der Waals surface area contributed by atoms with E-state index in [2.05, 4.69) is 0 Å². The van der Waals surface area contributed by atoms with Crippen molar-refractivity contribution in [3.63, 3.8) is 0 Å². The van der Waals surface area contributed by atoms with Gasteiger partial charge in [-0.25, -0.2) is 9.59 Å². The van der Waals surface area contributed by atoms with Gasteiger partial charge < -0.3 is 13.9 Å². The molecule has 98 valence electrons.